The molecule has 0 bridgehead atoms. The summed E-state index contributed by atoms with van der Waals surface area (Å²) in [5.41, 5.74) is -0.775. The fourth-order valence-electron chi connectivity index (χ4n) is 3.92. The van der Waals surface area contributed by atoms with Gasteiger partial charge in [-0.15, -0.1) is 0 Å². The summed E-state index contributed by atoms with van der Waals surface area (Å²) in [6, 6.07) is 8.14. The van der Waals surface area contributed by atoms with Gasteiger partial charge in [0.15, 0.2) is 0 Å². The molecular formula is C22H23F4N3O3. The lowest BCUT2D eigenvalue weighted by Gasteiger charge is -2.36. The minimum Gasteiger partial charge on any atom is -0.366 e. The standard InChI is InChI=1S/C22H23F4N3O3/c1-14(15-3-6-18(23)7-4-15)27(2)21(30)16-9-11-28(12-10-16)19-8-5-17(22(24,25)26)13-20(19)29(31)32/h3-8,13-14,16H,9-12H2,1-2H3/t14-/m1/s1. The van der Waals surface area contributed by atoms with Gasteiger partial charge in [0.25, 0.3) is 5.69 Å². The summed E-state index contributed by atoms with van der Waals surface area (Å²) < 4.78 is 51.9. The van der Waals surface area contributed by atoms with Crippen LogP contribution < -0.4 is 4.90 Å². The van der Waals surface area contributed by atoms with Gasteiger partial charge in [-0.2, -0.15) is 13.2 Å². The molecule has 0 radical (unpaired) electrons. The molecule has 0 spiro atoms. The van der Waals surface area contributed by atoms with Gasteiger partial charge >= 0.3 is 6.18 Å². The number of rotatable bonds is 5. The highest BCUT2D eigenvalue weighted by Crippen LogP contribution is 2.38. The number of piperidine rings is 1. The van der Waals surface area contributed by atoms with Crippen molar-refractivity contribution in [2.45, 2.75) is 32.0 Å². The maximum absolute atomic E-state index is 13.2. The van der Waals surface area contributed by atoms with Gasteiger partial charge in [-0.3, -0.25) is 14.9 Å². The third kappa shape index (κ3) is 5.00. The SMILES string of the molecule is C[C@H](c1ccc(F)cc1)N(C)C(=O)C1CCN(c2ccc(C(F)(F)F)cc2[N+](=O)[O-])CC1. The van der Waals surface area contributed by atoms with Gasteiger partial charge in [0.2, 0.25) is 5.91 Å². The highest BCUT2D eigenvalue weighted by Gasteiger charge is 2.35. The summed E-state index contributed by atoms with van der Waals surface area (Å²) in [6.07, 6.45) is -3.84. The minimum atomic E-state index is -4.67. The molecule has 6 nitrogen and oxygen atoms in total. The van der Waals surface area contributed by atoms with E-state index in [2.05, 4.69) is 0 Å². The number of hydrogen-bond acceptors (Lipinski definition) is 4. The van der Waals surface area contributed by atoms with Gasteiger partial charge in [0, 0.05) is 32.1 Å². The number of alkyl halides is 3. The molecule has 1 saturated heterocycles. The Morgan fingerprint density at radius 3 is 2.28 bits per heavy atom. The van der Waals surface area contributed by atoms with Crippen molar-refractivity contribution >= 4 is 17.3 Å². The Morgan fingerprint density at radius 1 is 1.16 bits per heavy atom. The van der Waals surface area contributed by atoms with Crippen LogP contribution in [0.25, 0.3) is 0 Å². The van der Waals surface area contributed by atoms with Crippen molar-refractivity contribution in [2.75, 3.05) is 25.0 Å². The van der Waals surface area contributed by atoms with Crippen LogP contribution in [-0.2, 0) is 11.0 Å². The molecule has 1 heterocycles. The molecule has 0 aliphatic carbocycles. The number of carbonyl (C=O) groups excluding carboxylic acids is 1. The molecule has 1 aliphatic rings. The first-order valence-electron chi connectivity index (χ1n) is 10.1. The lowest BCUT2D eigenvalue weighted by atomic mass is 9.93. The van der Waals surface area contributed by atoms with E-state index in [1.807, 2.05) is 6.92 Å². The minimum absolute atomic E-state index is 0.0941. The number of hydrogen-bond donors (Lipinski definition) is 0. The monoisotopic (exact) mass is 453 g/mol. The van der Waals surface area contributed by atoms with E-state index in [4.69, 9.17) is 0 Å². The molecule has 1 aliphatic heterocycles. The topological polar surface area (TPSA) is 66.7 Å². The molecule has 32 heavy (non-hydrogen) atoms. The van der Waals surface area contributed by atoms with Crippen LogP contribution >= 0.6 is 0 Å². The van der Waals surface area contributed by atoms with E-state index in [0.29, 0.717) is 32.0 Å². The molecule has 0 saturated carbocycles. The molecule has 2 aromatic carbocycles. The van der Waals surface area contributed by atoms with Crippen molar-refractivity contribution in [2.24, 2.45) is 5.92 Å². The van der Waals surface area contributed by atoms with Crippen molar-refractivity contribution in [3.05, 3.63) is 69.5 Å². The second-order valence-corrected chi connectivity index (χ2v) is 7.90. The third-order valence-corrected chi connectivity index (χ3v) is 5.97. The third-order valence-electron chi connectivity index (χ3n) is 5.97. The summed E-state index contributed by atoms with van der Waals surface area (Å²) in [6.45, 7) is 2.45. The van der Waals surface area contributed by atoms with Crippen LogP contribution in [0.3, 0.4) is 0 Å². The molecule has 172 valence electrons. The Kier molecular flexibility index (Phi) is 6.71. The molecule has 0 unspecified atom stereocenters. The van der Waals surface area contributed by atoms with Crippen LogP contribution in [0.2, 0.25) is 0 Å². The maximum Gasteiger partial charge on any atom is 0.416 e. The number of nitro benzene ring substituents is 1. The Labute approximate surface area is 182 Å². The summed E-state index contributed by atoms with van der Waals surface area (Å²) in [5.74, 6) is -0.768. The number of carbonyl (C=O) groups is 1. The summed E-state index contributed by atoms with van der Waals surface area (Å²) in [5, 5.41) is 11.4. The van der Waals surface area contributed by atoms with Crippen LogP contribution in [0.4, 0.5) is 28.9 Å². The van der Waals surface area contributed by atoms with E-state index in [0.717, 1.165) is 17.7 Å². The Balaban J connectivity index is 1.69. The van der Waals surface area contributed by atoms with E-state index in [1.165, 1.54) is 12.1 Å². The van der Waals surface area contributed by atoms with Gasteiger partial charge < -0.3 is 9.80 Å². The molecule has 0 aromatic heterocycles. The lowest BCUT2D eigenvalue weighted by Crippen LogP contribution is -2.42. The van der Waals surface area contributed by atoms with Crippen molar-refractivity contribution < 1.29 is 27.3 Å². The van der Waals surface area contributed by atoms with Crippen LogP contribution in [0, 0.1) is 21.8 Å². The Bertz CT molecular complexity index is 987. The average molecular weight is 453 g/mol. The number of amides is 1. The lowest BCUT2D eigenvalue weighted by molar-refractivity contribution is -0.384. The Morgan fingerprint density at radius 2 is 1.75 bits per heavy atom. The molecule has 1 fully saturated rings. The zero-order valence-electron chi connectivity index (χ0n) is 17.6. The van der Waals surface area contributed by atoms with E-state index >= 15 is 0 Å². The largest absolute Gasteiger partial charge is 0.416 e. The predicted octanol–water partition coefficient (Wildman–Crippen LogP) is 5.19. The van der Waals surface area contributed by atoms with Gasteiger partial charge in [-0.25, -0.2) is 4.39 Å². The fraction of sp³-hybridized carbons (Fsp3) is 0.409. The number of anilines is 1. The van der Waals surface area contributed by atoms with Crippen LogP contribution in [0.15, 0.2) is 42.5 Å². The molecule has 3 rings (SSSR count). The van der Waals surface area contributed by atoms with Crippen LogP contribution in [0.1, 0.15) is 36.9 Å². The number of nitro groups is 1. The summed E-state index contributed by atoms with van der Waals surface area (Å²) >= 11 is 0. The number of halogens is 4. The quantitative estimate of drug-likeness (QED) is 0.355. The van der Waals surface area contributed by atoms with Gasteiger partial charge in [-0.1, -0.05) is 12.1 Å². The normalized spacial score (nSPS) is 16.0. The first kappa shape index (κ1) is 23.5. The summed E-state index contributed by atoms with van der Waals surface area (Å²) in [7, 11) is 1.67. The van der Waals surface area contributed by atoms with Crippen molar-refractivity contribution in [3.8, 4) is 0 Å². The van der Waals surface area contributed by atoms with Gasteiger partial charge in [-0.05, 0) is 49.6 Å². The van der Waals surface area contributed by atoms with E-state index in [9.17, 15) is 32.5 Å². The van der Waals surface area contributed by atoms with Crippen LogP contribution in [-0.4, -0.2) is 35.9 Å². The molecule has 2 aromatic rings. The first-order valence-corrected chi connectivity index (χ1v) is 10.1. The highest BCUT2D eigenvalue weighted by atomic mass is 19.4. The molecule has 0 N–H and O–H groups in total. The molecule has 1 atom stereocenters. The second-order valence-electron chi connectivity index (χ2n) is 7.90. The highest BCUT2D eigenvalue weighted by molar-refractivity contribution is 5.79. The summed E-state index contributed by atoms with van der Waals surface area (Å²) in [4.78, 5) is 26.7. The van der Waals surface area contributed by atoms with Crippen molar-refractivity contribution in [1.29, 1.82) is 0 Å². The van der Waals surface area contributed by atoms with E-state index < -0.39 is 22.4 Å². The van der Waals surface area contributed by atoms with E-state index in [1.54, 1.807) is 29.0 Å². The van der Waals surface area contributed by atoms with Crippen LogP contribution in [0.5, 0.6) is 0 Å². The average Bonchev–Trinajstić information content (AvgIpc) is 2.77. The fourth-order valence-corrected chi connectivity index (χ4v) is 3.92. The molecule has 10 heteroatoms. The zero-order chi connectivity index (χ0) is 23.6. The zero-order valence-corrected chi connectivity index (χ0v) is 17.6. The number of nitrogens with zero attached hydrogens (tertiary/aromatic N) is 3. The van der Waals surface area contributed by atoms with Gasteiger partial charge in [0.05, 0.1) is 16.5 Å². The predicted molar refractivity (Wildman–Crippen MR) is 111 cm³/mol. The van der Waals surface area contributed by atoms with Crippen molar-refractivity contribution in [3.63, 3.8) is 0 Å². The van der Waals surface area contributed by atoms with Gasteiger partial charge in [0.1, 0.15) is 11.5 Å². The van der Waals surface area contributed by atoms with E-state index in [-0.39, 0.29) is 29.4 Å². The van der Waals surface area contributed by atoms with Crippen molar-refractivity contribution in [1.82, 2.24) is 4.90 Å². The smallest absolute Gasteiger partial charge is 0.366 e. The molecular weight excluding hydrogens is 430 g/mol. The second kappa shape index (κ2) is 9.13. The maximum atomic E-state index is 13.2. The first-order chi connectivity index (χ1) is 15.0. The number of benzene rings is 2. The molecule has 1 amide bonds. The Hall–Kier alpha value is -3.17.